The van der Waals surface area contributed by atoms with Crippen LogP contribution in [-0.2, 0) is 4.79 Å². The molecule has 0 saturated heterocycles. The molecule has 1 aromatic heterocycles. The Hall–Kier alpha value is -1.70. The summed E-state index contributed by atoms with van der Waals surface area (Å²) in [5, 5.41) is 22.8. The van der Waals surface area contributed by atoms with Crippen LogP contribution in [0.15, 0.2) is 16.7 Å². The fourth-order valence-corrected chi connectivity index (χ4v) is 2.07. The minimum absolute atomic E-state index is 0.161. The Balaban J connectivity index is 3.11. The first-order valence-electron chi connectivity index (χ1n) is 5.67. The maximum Gasteiger partial charge on any atom is 0.329 e. The summed E-state index contributed by atoms with van der Waals surface area (Å²) in [5.74, 6) is -0.707. The predicted octanol–water partition coefficient (Wildman–Crippen LogP) is 2.81. The highest BCUT2D eigenvalue weighted by atomic mass is 79.9. The number of nitrogens with zero attached hydrogens (tertiary/aromatic N) is 2. The van der Waals surface area contributed by atoms with Crippen LogP contribution in [0.4, 0.5) is 11.5 Å². The van der Waals surface area contributed by atoms with Crippen LogP contribution in [-0.4, -0.2) is 26.5 Å². The Labute approximate surface area is 118 Å². The van der Waals surface area contributed by atoms with Gasteiger partial charge in [0.25, 0.3) is 5.69 Å². The second-order valence-corrected chi connectivity index (χ2v) is 4.85. The zero-order valence-electron chi connectivity index (χ0n) is 10.5. The number of aliphatic carboxylic acids is 1. The number of nitrogens with one attached hydrogen (secondary N) is 1. The van der Waals surface area contributed by atoms with Gasteiger partial charge in [-0.15, -0.1) is 0 Å². The maximum absolute atomic E-state index is 11.4. The van der Waals surface area contributed by atoms with Crippen LogP contribution in [0.25, 0.3) is 0 Å². The van der Waals surface area contributed by atoms with E-state index in [0.717, 1.165) is 6.20 Å². The van der Waals surface area contributed by atoms with Crippen molar-refractivity contribution >= 4 is 33.4 Å². The molecule has 0 aromatic carbocycles. The van der Waals surface area contributed by atoms with E-state index in [-0.39, 0.29) is 11.5 Å². The van der Waals surface area contributed by atoms with Crippen LogP contribution in [0, 0.1) is 10.1 Å². The topological polar surface area (TPSA) is 105 Å². The lowest BCUT2D eigenvalue weighted by Crippen LogP contribution is -2.45. The van der Waals surface area contributed by atoms with Crippen molar-refractivity contribution in [2.24, 2.45) is 0 Å². The van der Waals surface area contributed by atoms with Crippen LogP contribution in [0.2, 0.25) is 0 Å². The number of halogens is 1. The van der Waals surface area contributed by atoms with Crippen LogP contribution in [0.1, 0.15) is 26.7 Å². The van der Waals surface area contributed by atoms with Gasteiger partial charge in [-0.05, 0) is 28.8 Å². The monoisotopic (exact) mass is 331 g/mol. The van der Waals surface area contributed by atoms with E-state index in [1.165, 1.54) is 6.07 Å². The van der Waals surface area contributed by atoms with Crippen molar-refractivity contribution in [1.29, 1.82) is 0 Å². The molecule has 1 aromatic rings. The van der Waals surface area contributed by atoms with Gasteiger partial charge in [-0.25, -0.2) is 9.78 Å². The van der Waals surface area contributed by atoms with Crippen molar-refractivity contribution in [2.75, 3.05) is 5.32 Å². The number of anilines is 1. The Kier molecular flexibility index (Phi) is 4.82. The van der Waals surface area contributed by atoms with E-state index in [0.29, 0.717) is 17.3 Å². The largest absolute Gasteiger partial charge is 0.480 e. The lowest BCUT2D eigenvalue weighted by atomic mass is 9.93. The van der Waals surface area contributed by atoms with E-state index in [1.807, 2.05) is 0 Å². The number of nitro groups is 1. The van der Waals surface area contributed by atoms with E-state index in [2.05, 4.69) is 26.2 Å². The summed E-state index contributed by atoms with van der Waals surface area (Å²) in [6.07, 6.45) is 1.82. The molecule has 0 saturated carbocycles. The molecule has 0 aliphatic carbocycles. The first kappa shape index (κ1) is 15.4. The molecule has 8 heteroatoms. The molecule has 1 rings (SSSR count). The molecular formula is C11H14BrN3O4. The van der Waals surface area contributed by atoms with E-state index < -0.39 is 16.4 Å². The molecule has 0 aliphatic heterocycles. The fourth-order valence-electron chi connectivity index (χ4n) is 1.63. The molecule has 0 amide bonds. The third-order valence-corrected chi connectivity index (χ3v) is 3.62. The van der Waals surface area contributed by atoms with E-state index in [1.54, 1.807) is 13.8 Å². The average Bonchev–Trinajstić information content (AvgIpc) is 2.37. The van der Waals surface area contributed by atoms with Gasteiger partial charge in [0, 0.05) is 6.07 Å². The second-order valence-electron chi connectivity index (χ2n) is 4.00. The quantitative estimate of drug-likeness (QED) is 0.613. The van der Waals surface area contributed by atoms with Crippen molar-refractivity contribution in [3.8, 4) is 0 Å². The maximum atomic E-state index is 11.4. The molecule has 19 heavy (non-hydrogen) atoms. The Bertz CT molecular complexity index is 503. The van der Waals surface area contributed by atoms with Gasteiger partial charge in [-0.1, -0.05) is 13.8 Å². The summed E-state index contributed by atoms with van der Waals surface area (Å²) in [4.78, 5) is 25.3. The number of hydrogen-bond donors (Lipinski definition) is 2. The van der Waals surface area contributed by atoms with Crippen LogP contribution in [0.3, 0.4) is 0 Å². The summed E-state index contributed by atoms with van der Waals surface area (Å²) in [6, 6.07) is 1.28. The number of pyridine rings is 1. The van der Waals surface area contributed by atoms with E-state index >= 15 is 0 Å². The van der Waals surface area contributed by atoms with Gasteiger partial charge in [-0.2, -0.15) is 0 Å². The van der Waals surface area contributed by atoms with Crippen molar-refractivity contribution < 1.29 is 14.8 Å². The number of carboxylic acid groups (broad SMARTS) is 1. The van der Waals surface area contributed by atoms with E-state index in [9.17, 15) is 20.0 Å². The molecule has 2 N–H and O–H groups in total. The van der Waals surface area contributed by atoms with Crippen molar-refractivity contribution in [3.05, 3.63) is 26.9 Å². The SMILES string of the molecule is CCC(CC)(Nc1ncc([N+](=O)[O-])cc1Br)C(=O)O. The van der Waals surface area contributed by atoms with Gasteiger partial charge in [0.1, 0.15) is 17.6 Å². The number of carbonyl (C=O) groups is 1. The Morgan fingerprint density at radius 1 is 1.58 bits per heavy atom. The highest BCUT2D eigenvalue weighted by Crippen LogP contribution is 2.29. The lowest BCUT2D eigenvalue weighted by Gasteiger charge is -2.28. The average molecular weight is 332 g/mol. The second kappa shape index (κ2) is 5.96. The summed E-state index contributed by atoms with van der Waals surface area (Å²) in [5.41, 5.74) is -1.29. The summed E-state index contributed by atoms with van der Waals surface area (Å²) >= 11 is 3.15. The van der Waals surface area contributed by atoms with Gasteiger partial charge < -0.3 is 10.4 Å². The van der Waals surface area contributed by atoms with Gasteiger partial charge in [0.2, 0.25) is 0 Å². The zero-order chi connectivity index (χ0) is 14.6. The molecule has 0 radical (unpaired) electrons. The third kappa shape index (κ3) is 3.19. The van der Waals surface area contributed by atoms with Crippen LogP contribution >= 0.6 is 15.9 Å². The first-order chi connectivity index (χ1) is 8.86. The van der Waals surface area contributed by atoms with Gasteiger partial charge in [-0.3, -0.25) is 10.1 Å². The number of carboxylic acids is 1. The minimum atomic E-state index is -1.13. The minimum Gasteiger partial charge on any atom is -0.480 e. The molecule has 0 aliphatic rings. The number of aromatic nitrogens is 1. The van der Waals surface area contributed by atoms with Crippen molar-refractivity contribution in [1.82, 2.24) is 4.98 Å². The summed E-state index contributed by atoms with van der Waals surface area (Å²) < 4.78 is 0.356. The predicted molar refractivity (Wildman–Crippen MR) is 73.2 cm³/mol. The third-order valence-electron chi connectivity index (χ3n) is 3.01. The molecule has 0 bridgehead atoms. The molecule has 104 valence electrons. The molecule has 1 heterocycles. The van der Waals surface area contributed by atoms with Gasteiger partial charge in [0.15, 0.2) is 0 Å². The molecule has 0 fully saturated rings. The first-order valence-corrected chi connectivity index (χ1v) is 6.47. The Morgan fingerprint density at radius 3 is 2.53 bits per heavy atom. The van der Waals surface area contributed by atoms with Gasteiger partial charge >= 0.3 is 5.97 Å². The number of hydrogen-bond acceptors (Lipinski definition) is 5. The highest BCUT2D eigenvalue weighted by Gasteiger charge is 2.35. The molecule has 0 unspecified atom stereocenters. The molecule has 0 atom stereocenters. The van der Waals surface area contributed by atoms with E-state index in [4.69, 9.17) is 0 Å². The zero-order valence-corrected chi connectivity index (χ0v) is 12.1. The smallest absolute Gasteiger partial charge is 0.329 e. The molecule has 0 spiro atoms. The van der Waals surface area contributed by atoms with Crippen LogP contribution in [0.5, 0.6) is 0 Å². The van der Waals surface area contributed by atoms with Crippen molar-refractivity contribution in [3.63, 3.8) is 0 Å². The standard InChI is InChI=1S/C11H14BrN3O4/c1-3-11(4-2,10(16)17)14-9-8(12)5-7(6-13-9)15(18)19/h5-6H,3-4H2,1-2H3,(H,13,14)(H,16,17). The molecular weight excluding hydrogens is 318 g/mol. The summed E-state index contributed by atoms with van der Waals surface area (Å²) in [7, 11) is 0. The summed E-state index contributed by atoms with van der Waals surface area (Å²) in [6.45, 7) is 3.51. The lowest BCUT2D eigenvalue weighted by molar-refractivity contribution is -0.385. The highest BCUT2D eigenvalue weighted by molar-refractivity contribution is 9.10. The van der Waals surface area contributed by atoms with Crippen molar-refractivity contribution in [2.45, 2.75) is 32.2 Å². The molecule has 7 nitrogen and oxygen atoms in total. The number of rotatable bonds is 6. The van der Waals surface area contributed by atoms with Crippen LogP contribution < -0.4 is 5.32 Å². The fraction of sp³-hybridized carbons (Fsp3) is 0.455. The normalized spacial score (nSPS) is 11.1. The van der Waals surface area contributed by atoms with Gasteiger partial charge in [0.05, 0.1) is 9.40 Å². The Morgan fingerprint density at radius 2 is 2.16 bits per heavy atom.